The molecule has 0 fully saturated rings. The summed E-state index contributed by atoms with van der Waals surface area (Å²) in [5.41, 5.74) is 2.73. The number of methoxy groups -OCH3 is 1. The molecule has 0 aliphatic heterocycles. The van der Waals surface area contributed by atoms with Crippen molar-refractivity contribution in [3.63, 3.8) is 0 Å². The average Bonchev–Trinajstić information content (AvgIpc) is 2.99. The molecule has 23 heavy (non-hydrogen) atoms. The summed E-state index contributed by atoms with van der Waals surface area (Å²) in [5, 5.41) is 2.97. The molecule has 3 aromatic rings. The van der Waals surface area contributed by atoms with E-state index in [1.54, 1.807) is 7.11 Å². The molecule has 2 aromatic carbocycles. The Morgan fingerprint density at radius 1 is 1.22 bits per heavy atom. The van der Waals surface area contributed by atoms with Crippen LogP contribution < -0.4 is 10.1 Å². The van der Waals surface area contributed by atoms with Crippen LogP contribution in [0.5, 0.6) is 5.75 Å². The van der Waals surface area contributed by atoms with Crippen molar-refractivity contribution < 1.29 is 9.53 Å². The molecule has 1 heterocycles. The van der Waals surface area contributed by atoms with Crippen LogP contribution in [0.4, 0.5) is 0 Å². The van der Waals surface area contributed by atoms with E-state index in [-0.39, 0.29) is 18.4 Å². The zero-order chi connectivity index (χ0) is 16.2. The average molecular weight is 309 g/mol. The Labute approximate surface area is 134 Å². The number of nitrogens with one attached hydrogen (secondary N) is 2. The summed E-state index contributed by atoms with van der Waals surface area (Å²) in [7, 11) is 1.60. The van der Waals surface area contributed by atoms with E-state index in [1.807, 2.05) is 55.5 Å². The zero-order valence-corrected chi connectivity index (χ0v) is 13.2. The third kappa shape index (κ3) is 3.34. The van der Waals surface area contributed by atoms with Crippen LogP contribution in [0.1, 0.15) is 24.4 Å². The van der Waals surface area contributed by atoms with Gasteiger partial charge >= 0.3 is 0 Å². The highest BCUT2D eigenvalue weighted by molar-refractivity contribution is 5.80. The van der Waals surface area contributed by atoms with Gasteiger partial charge in [0, 0.05) is 5.56 Å². The molecule has 3 rings (SSSR count). The molecular formula is C18H19N3O2. The molecule has 5 heteroatoms. The fourth-order valence-corrected chi connectivity index (χ4v) is 2.56. The van der Waals surface area contributed by atoms with Crippen LogP contribution in [0.15, 0.2) is 48.5 Å². The Hall–Kier alpha value is -2.82. The first-order valence-electron chi connectivity index (χ1n) is 7.53. The predicted octanol–water partition coefficient (Wildman–Crippen LogP) is 2.99. The van der Waals surface area contributed by atoms with Crippen LogP contribution in [0.3, 0.4) is 0 Å². The number of carbonyl (C=O) groups excluding carboxylic acids is 1. The van der Waals surface area contributed by atoms with Crippen molar-refractivity contribution in [2.24, 2.45) is 0 Å². The summed E-state index contributed by atoms with van der Waals surface area (Å²) in [5.74, 6) is 1.40. The molecule has 0 unspecified atom stereocenters. The van der Waals surface area contributed by atoms with E-state index in [0.717, 1.165) is 28.2 Å². The number of H-pyrrole nitrogens is 1. The van der Waals surface area contributed by atoms with Gasteiger partial charge in [0.1, 0.15) is 11.6 Å². The van der Waals surface area contributed by atoms with Gasteiger partial charge in [0.15, 0.2) is 0 Å². The molecule has 0 bridgehead atoms. The quantitative estimate of drug-likeness (QED) is 0.761. The number of benzene rings is 2. The lowest BCUT2D eigenvalue weighted by Crippen LogP contribution is -2.28. The van der Waals surface area contributed by atoms with Crippen LogP contribution in [-0.2, 0) is 11.2 Å². The van der Waals surface area contributed by atoms with Crippen molar-refractivity contribution in [2.45, 2.75) is 19.4 Å². The number of aromatic nitrogens is 2. The number of fused-ring (bicyclic) bond motifs is 1. The molecule has 0 aliphatic rings. The monoisotopic (exact) mass is 309 g/mol. The number of hydrogen-bond acceptors (Lipinski definition) is 3. The Kier molecular flexibility index (Phi) is 4.28. The summed E-state index contributed by atoms with van der Waals surface area (Å²) in [6.07, 6.45) is 0.272. The van der Waals surface area contributed by atoms with Gasteiger partial charge in [0.05, 0.1) is 30.6 Å². The lowest BCUT2D eigenvalue weighted by atomic mass is 10.1. The van der Waals surface area contributed by atoms with Gasteiger partial charge in [0.2, 0.25) is 5.91 Å². The molecule has 0 saturated carbocycles. The van der Waals surface area contributed by atoms with Gasteiger partial charge in [-0.3, -0.25) is 4.79 Å². The van der Waals surface area contributed by atoms with E-state index in [2.05, 4.69) is 15.3 Å². The molecule has 118 valence electrons. The molecular weight excluding hydrogens is 290 g/mol. The smallest absolute Gasteiger partial charge is 0.225 e. The largest absolute Gasteiger partial charge is 0.496 e. The molecule has 2 N–H and O–H groups in total. The Bertz CT molecular complexity index is 793. The van der Waals surface area contributed by atoms with Gasteiger partial charge < -0.3 is 15.0 Å². The van der Waals surface area contributed by atoms with Crippen molar-refractivity contribution in [1.29, 1.82) is 0 Å². The van der Waals surface area contributed by atoms with Crippen molar-refractivity contribution in [3.8, 4) is 5.75 Å². The topological polar surface area (TPSA) is 67.0 Å². The Morgan fingerprint density at radius 3 is 2.74 bits per heavy atom. The predicted molar refractivity (Wildman–Crippen MR) is 89.3 cm³/mol. The number of aromatic amines is 1. The number of hydrogen-bond donors (Lipinski definition) is 2. The minimum atomic E-state index is -0.190. The highest BCUT2D eigenvalue weighted by Crippen LogP contribution is 2.19. The summed E-state index contributed by atoms with van der Waals surface area (Å²) < 4.78 is 5.28. The molecule has 0 saturated heterocycles. The summed E-state index contributed by atoms with van der Waals surface area (Å²) in [6, 6.07) is 15.1. The number of amides is 1. The minimum Gasteiger partial charge on any atom is -0.496 e. The van der Waals surface area contributed by atoms with Crippen molar-refractivity contribution >= 4 is 16.9 Å². The maximum Gasteiger partial charge on any atom is 0.225 e. The second-order valence-electron chi connectivity index (χ2n) is 5.42. The number of nitrogens with zero attached hydrogens (tertiary/aromatic N) is 1. The first kappa shape index (κ1) is 15.1. The number of carbonyl (C=O) groups is 1. The first-order chi connectivity index (χ1) is 11.2. The van der Waals surface area contributed by atoms with Gasteiger partial charge in [-0.15, -0.1) is 0 Å². The first-order valence-corrected chi connectivity index (χ1v) is 7.53. The number of ether oxygens (including phenoxy) is 1. The molecule has 0 radical (unpaired) electrons. The summed E-state index contributed by atoms with van der Waals surface area (Å²) >= 11 is 0. The minimum absolute atomic E-state index is 0.0672. The maximum absolute atomic E-state index is 12.3. The summed E-state index contributed by atoms with van der Waals surface area (Å²) in [4.78, 5) is 20.0. The van der Waals surface area contributed by atoms with Crippen LogP contribution in [0.2, 0.25) is 0 Å². The highest BCUT2D eigenvalue weighted by atomic mass is 16.5. The second kappa shape index (κ2) is 6.52. The van der Waals surface area contributed by atoms with E-state index in [0.29, 0.717) is 0 Å². The Morgan fingerprint density at radius 2 is 1.96 bits per heavy atom. The normalized spacial score (nSPS) is 12.1. The molecule has 5 nitrogen and oxygen atoms in total. The number of imidazole rings is 1. The maximum atomic E-state index is 12.3. The van der Waals surface area contributed by atoms with Gasteiger partial charge in [-0.05, 0) is 25.1 Å². The molecule has 1 amide bonds. The van der Waals surface area contributed by atoms with Crippen molar-refractivity contribution in [2.75, 3.05) is 7.11 Å². The Balaban J connectivity index is 1.69. The second-order valence-corrected chi connectivity index (χ2v) is 5.42. The molecule has 0 aliphatic carbocycles. The van der Waals surface area contributed by atoms with Crippen LogP contribution in [0, 0.1) is 0 Å². The van der Waals surface area contributed by atoms with E-state index in [9.17, 15) is 4.79 Å². The SMILES string of the molecule is COc1ccccc1CC(=O)N[C@@H](C)c1nc2ccccc2[nH]1. The van der Waals surface area contributed by atoms with E-state index in [4.69, 9.17) is 4.74 Å². The van der Waals surface area contributed by atoms with Gasteiger partial charge in [0.25, 0.3) is 0 Å². The number of rotatable bonds is 5. The van der Waals surface area contributed by atoms with Gasteiger partial charge in [-0.1, -0.05) is 30.3 Å². The highest BCUT2D eigenvalue weighted by Gasteiger charge is 2.15. The number of para-hydroxylation sites is 3. The van der Waals surface area contributed by atoms with Crippen molar-refractivity contribution in [1.82, 2.24) is 15.3 Å². The van der Waals surface area contributed by atoms with Crippen LogP contribution >= 0.6 is 0 Å². The third-order valence-corrected chi connectivity index (χ3v) is 3.74. The molecule has 1 aromatic heterocycles. The summed E-state index contributed by atoms with van der Waals surface area (Å²) in [6.45, 7) is 1.91. The van der Waals surface area contributed by atoms with Crippen molar-refractivity contribution in [3.05, 3.63) is 59.9 Å². The lowest BCUT2D eigenvalue weighted by molar-refractivity contribution is -0.121. The van der Waals surface area contributed by atoms with E-state index in [1.165, 1.54) is 0 Å². The van der Waals surface area contributed by atoms with E-state index >= 15 is 0 Å². The van der Waals surface area contributed by atoms with Gasteiger partial charge in [-0.2, -0.15) is 0 Å². The van der Waals surface area contributed by atoms with Crippen LogP contribution in [-0.4, -0.2) is 23.0 Å². The van der Waals surface area contributed by atoms with Crippen LogP contribution in [0.25, 0.3) is 11.0 Å². The fourth-order valence-electron chi connectivity index (χ4n) is 2.56. The standard InChI is InChI=1S/C18H19N3O2/c1-12(18-20-14-8-4-5-9-15(14)21-18)19-17(22)11-13-7-3-6-10-16(13)23-2/h3-10,12H,11H2,1-2H3,(H,19,22)(H,20,21)/t12-/m0/s1. The third-order valence-electron chi connectivity index (χ3n) is 3.74. The molecule has 1 atom stereocenters. The van der Waals surface area contributed by atoms with Gasteiger partial charge in [-0.25, -0.2) is 4.98 Å². The lowest BCUT2D eigenvalue weighted by Gasteiger charge is -2.12. The van der Waals surface area contributed by atoms with E-state index < -0.39 is 0 Å². The zero-order valence-electron chi connectivity index (χ0n) is 13.2. The molecule has 0 spiro atoms. The fraction of sp³-hybridized carbons (Fsp3) is 0.222.